The fourth-order valence-corrected chi connectivity index (χ4v) is 2.17. The summed E-state index contributed by atoms with van der Waals surface area (Å²) in [6.07, 6.45) is 0.314. The standard InChI is InChI=1S/C13H19NO3/c1-3-9-10(11(15)8-14-2)4-5-12-13(9)17-7-6-16-12/h4-5,11,14-15H,3,6-8H2,1-2H3. The van der Waals surface area contributed by atoms with Crippen LogP contribution in [0.2, 0.25) is 0 Å². The fraction of sp³-hybridized carbons (Fsp3) is 0.538. The quantitative estimate of drug-likeness (QED) is 0.828. The van der Waals surface area contributed by atoms with Crippen molar-refractivity contribution in [3.63, 3.8) is 0 Å². The predicted octanol–water partition coefficient (Wildman–Crippen LogP) is 1.27. The first-order valence-corrected chi connectivity index (χ1v) is 6.02. The maximum atomic E-state index is 10.1. The second-order valence-corrected chi connectivity index (χ2v) is 4.08. The van der Waals surface area contributed by atoms with Crippen molar-refractivity contribution in [1.29, 1.82) is 0 Å². The van der Waals surface area contributed by atoms with E-state index in [1.807, 2.05) is 19.2 Å². The Morgan fingerprint density at radius 1 is 1.35 bits per heavy atom. The van der Waals surface area contributed by atoms with Crippen LogP contribution in [0.1, 0.15) is 24.2 Å². The lowest BCUT2D eigenvalue weighted by atomic mass is 9.98. The Morgan fingerprint density at radius 3 is 2.82 bits per heavy atom. The first kappa shape index (κ1) is 12.2. The maximum absolute atomic E-state index is 10.1. The Hall–Kier alpha value is -1.26. The molecular weight excluding hydrogens is 218 g/mol. The van der Waals surface area contributed by atoms with Gasteiger partial charge >= 0.3 is 0 Å². The number of ether oxygens (including phenoxy) is 2. The Balaban J connectivity index is 2.39. The van der Waals surface area contributed by atoms with Crippen molar-refractivity contribution in [1.82, 2.24) is 5.32 Å². The van der Waals surface area contributed by atoms with Gasteiger partial charge in [-0.3, -0.25) is 0 Å². The molecule has 1 unspecified atom stereocenters. The van der Waals surface area contributed by atoms with Crippen LogP contribution >= 0.6 is 0 Å². The second-order valence-electron chi connectivity index (χ2n) is 4.08. The fourth-order valence-electron chi connectivity index (χ4n) is 2.17. The molecule has 17 heavy (non-hydrogen) atoms. The van der Waals surface area contributed by atoms with Gasteiger partial charge < -0.3 is 19.9 Å². The van der Waals surface area contributed by atoms with Gasteiger partial charge in [0.25, 0.3) is 0 Å². The van der Waals surface area contributed by atoms with Crippen molar-refractivity contribution < 1.29 is 14.6 Å². The highest BCUT2D eigenvalue weighted by Gasteiger charge is 2.21. The summed E-state index contributed by atoms with van der Waals surface area (Å²) in [4.78, 5) is 0. The Labute approximate surface area is 102 Å². The molecule has 1 aromatic rings. The molecule has 1 aliphatic heterocycles. The number of rotatable bonds is 4. The van der Waals surface area contributed by atoms with Crippen molar-refractivity contribution in [2.24, 2.45) is 0 Å². The van der Waals surface area contributed by atoms with Crippen LogP contribution in [0, 0.1) is 0 Å². The minimum atomic E-state index is -0.509. The van der Waals surface area contributed by atoms with Gasteiger partial charge in [0.05, 0.1) is 6.10 Å². The lowest BCUT2D eigenvalue weighted by Gasteiger charge is -2.24. The van der Waals surface area contributed by atoms with Crippen LogP contribution in [-0.4, -0.2) is 31.9 Å². The normalized spacial score (nSPS) is 15.7. The topological polar surface area (TPSA) is 50.7 Å². The average molecular weight is 237 g/mol. The van der Waals surface area contributed by atoms with Gasteiger partial charge in [-0.15, -0.1) is 0 Å². The van der Waals surface area contributed by atoms with Crippen molar-refractivity contribution >= 4 is 0 Å². The third-order valence-electron chi connectivity index (χ3n) is 2.96. The van der Waals surface area contributed by atoms with Crippen molar-refractivity contribution in [2.75, 3.05) is 26.8 Å². The molecule has 0 spiro atoms. The van der Waals surface area contributed by atoms with Crippen LogP contribution in [0.5, 0.6) is 11.5 Å². The summed E-state index contributed by atoms with van der Waals surface area (Å²) in [5.41, 5.74) is 1.97. The van der Waals surface area contributed by atoms with Crippen molar-refractivity contribution in [2.45, 2.75) is 19.4 Å². The van der Waals surface area contributed by atoms with E-state index < -0.39 is 6.10 Å². The van der Waals surface area contributed by atoms with E-state index in [0.717, 1.165) is 29.0 Å². The molecule has 94 valence electrons. The molecule has 2 N–H and O–H groups in total. The van der Waals surface area contributed by atoms with Gasteiger partial charge in [0.2, 0.25) is 0 Å². The number of nitrogens with one attached hydrogen (secondary N) is 1. The number of fused-ring (bicyclic) bond motifs is 1. The molecule has 1 heterocycles. The van der Waals surface area contributed by atoms with Gasteiger partial charge in [-0.1, -0.05) is 13.0 Å². The Morgan fingerprint density at radius 2 is 2.12 bits per heavy atom. The van der Waals surface area contributed by atoms with Crippen LogP contribution in [0.3, 0.4) is 0 Å². The van der Waals surface area contributed by atoms with E-state index in [1.54, 1.807) is 0 Å². The van der Waals surface area contributed by atoms with E-state index in [-0.39, 0.29) is 0 Å². The molecule has 1 atom stereocenters. The molecule has 0 radical (unpaired) electrons. The minimum Gasteiger partial charge on any atom is -0.486 e. The molecule has 0 bridgehead atoms. The van der Waals surface area contributed by atoms with Gasteiger partial charge in [0.15, 0.2) is 11.5 Å². The zero-order chi connectivity index (χ0) is 12.3. The van der Waals surface area contributed by atoms with Gasteiger partial charge in [0.1, 0.15) is 13.2 Å². The highest BCUT2D eigenvalue weighted by atomic mass is 16.6. The number of benzene rings is 1. The van der Waals surface area contributed by atoms with Gasteiger partial charge in [-0.25, -0.2) is 0 Å². The van der Waals surface area contributed by atoms with Gasteiger partial charge in [0, 0.05) is 12.1 Å². The maximum Gasteiger partial charge on any atom is 0.164 e. The number of aliphatic hydroxyl groups is 1. The average Bonchev–Trinajstić information content (AvgIpc) is 2.37. The second kappa shape index (κ2) is 5.38. The third-order valence-corrected chi connectivity index (χ3v) is 2.96. The molecule has 2 rings (SSSR count). The third kappa shape index (κ3) is 2.37. The SMILES string of the molecule is CCc1c(C(O)CNC)ccc2c1OCCO2. The van der Waals surface area contributed by atoms with Crippen LogP contribution in [0.4, 0.5) is 0 Å². The van der Waals surface area contributed by atoms with E-state index >= 15 is 0 Å². The monoisotopic (exact) mass is 237 g/mol. The predicted molar refractivity (Wildman–Crippen MR) is 65.7 cm³/mol. The van der Waals surface area contributed by atoms with Crippen LogP contribution in [-0.2, 0) is 6.42 Å². The number of likely N-dealkylation sites (N-methyl/N-ethyl adjacent to an activating group) is 1. The molecule has 0 amide bonds. The van der Waals surface area contributed by atoms with Crippen molar-refractivity contribution in [3.8, 4) is 11.5 Å². The van der Waals surface area contributed by atoms with E-state index in [0.29, 0.717) is 19.8 Å². The Bertz CT molecular complexity index is 392. The van der Waals surface area contributed by atoms with Crippen LogP contribution in [0.25, 0.3) is 0 Å². The first-order chi connectivity index (χ1) is 8.27. The van der Waals surface area contributed by atoms with E-state index in [9.17, 15) is 5.11 Å². The number of hydrogen-bond donors (Lipinski definition) is 2. The summed E-state index contributed by atoms with van der Waals surface area (Å²) in [7, 11) is 1.83. The lowest BCUT2D eigenvalue weighted by molar-refractivity contribution is 0.162. The Kier molecular flexibility index (Phi) is 3.86. The van der Waals surface area contributed by atoms with Crippen LogP contribution < -0.4 is 14.8 Å². The first-order valence-electron chi connectivity index (χ1n) is 6.02. The summed E-state index contributed by atoms with van der Waals surface area (Å²) >= 11 is 0. The highest BCUT2D eigenvalue weighted by Crippen LogP contribution is 2.38. The summed E-state index contributed by atoms with van der Waals surface area (Å²) in [6, 6.07) is 3.80. The van der Waals surface area contributed by atoms with Crippen LogP contribution in [0.15, 0.2) is 12.1 Å². The lowest BCUT2D eigenvalue weighted by Crippen LogP contribution is -2.20. The van der Waals surface area contributed by atoms with Crippen molar-refractivity contribution in [3.05, 3.63) is 23.3 Å². The summed E-state index contributed by atoms with van der Waals surface area (Å²) in [5, 5.41) is 13.1. The summed E-state index contributed by atoms with van der Waals surface area (Å²) in [5.74, 6) is 1.58. The highest BCUT2D eigenvalue weighted by molar-refractivity contribution is 5.52. The molecule has 0 fully saturated rings. The molecule has 0 aromatic heterocycles. The molecule has 4 nitrogen and oxygen atoms in total. The summed E-state index contributed by atoms with van der Waals surface area (Å²) < 4.78 is 11.2. The molecule has 0 saturated heterocycles. The smallest absolute Gasteiger partial charge is 0.164 e. The molecule has 4 heteroatoms. The summed E-state index contributed by atoms with van der Waals surface area (Å²) in [6.45, 7) is 3.76. The van der Waals surface area contributed by atoms with E-state index in [1.165, 1.54) is 0 Å². The molecule has 0 aliphatic carbocycles. The van der Waals surface area contributed by atoms with Gasteiger partial charge in [-0.05, 0) is 25.1 Å². The zero-order valence-electron chi connectivity index (χ0n) is 10.3. The molecule has 1 aliphatic rings. The zero-order valence-corrected chi connectivity index (χ0v) is 10.3. The molecule has 1 aromatic carbocycles. The largest absolute Gasteiger partial charge is 0.486 e. The van der Waals surface area contributed by atoms with E-state index in [4.69, 9.17) is 9.47 Å². The minimum absolute atomic E-state index is 0.509. The molecule has 0 saturated carbocycles. The number of hydrogen-bond acceptors (Lipinski definition) is 4. The van der Waals surface area contributed by atoms with E-state index in [2.05, 4.69) is 12.2 Å². The van der Waals surface area contributed by atoms with Gasteiger partial charge in [-0.2, -0.15) is 0 Å². The molecular formula is C13H19NO3. The number of aliphatic hydroxyl groups excluding tert-OH is 1.